The Morgan fingerprint density at radius 1 is 1.20 bits per heavy atom. The second-order valence-electron chi connectivity index (χ2n) is 3.99. The first-order chi connectivity index (χ1) is 9.53. The van der Waals surface area contributed by atoms with Gasteiger partial charge in [0.15, 0.2) is 5.57 Å². The fourth-order valence-corrected chi connectivity index (χ4v) is 2.59. The molecule has 0 bridgehead atoms. The number of rotatable bonds is 4. The molecule has 0 aliphatic carbocycles. The molecule has 100 valence electrons. The summed E-state index contributed by atoms with van der Waals surface area (Å²) in [5.41, 5.74) is 0.270. The molecule has 0 radical (unpaired) electrons. The molecule has 0 saturated carbocycles. The molecule has 0 fully saturated rings. The molecule has 20 heavy (non-hydrogen) atoms. The number of nitrogens with one attached hydrogen (secondary N) is 1. The fraction of sp³-hybridized carbons (Fsp3) is 0.214. The molecular formula is C14H11ClN4S. The SMILES string of the molecule is CC(C)Sc1c(Cl)cccc1NC(C#N)=C(C#N)C#N. The molecule has 0 heterocycles. The van der Waals surface area contributed by atoms with E-state index in [1.54, 1.807) is 30.3 Å². The first kappa shape index (κ1) is 15.9. The van der Waals surface area contributed by atoms with Gasteiger partial charge in [0.25, 0.3) is 0 Å². The van der Waals surface area contributed by atoms with Crippen LogP contribution in [0.5, 0.6) is 0 Å². The molecule has 0 atom stereocenters. The maximum absolute atomic E-state index is 9.05. The van der Waals surface area contributed by atoms with Gasteiger partial charge in [-0.15, -0.1) is 11.8 Å². The normalized spacial score (nSPS) is 9.25. The van der Waals surface area contributed by atoms with Crippen molar-refractivity contribution in [3.63, 3.8) is 0 Å². The van der Waals surface area contributed by atoms with Gasteiger partial charge in [0, 0.05) is 10.1 Å². The van der Waals surface area contributed by atoms with Gasteiger partial charge >= 0.3 is 0 Å². The van der Waals surface area contributed by atoms with Crippen LogP contribution >= 0.6 is 23.4 Å². The number of nitriles is 3. The van der Waals surface area contributed by atoms with E-state index in [0.717, 1.165) is 4.90 Å². The summed E-state index contributed by atoms with van der Waals surface area (Å²) in [5, 5.41) is 30.4. The summed E-state index contributed by atoms with van der Waals surface area (Å²) in [6.07, 6.45) is 0. The van der Waals surface area contributed by atoms with Crippen LogP contribution in [0.2, 0.25) is 5.02 Å². The summed E-state index contributed by atoms with van der Waals surface area (Å²) in [6, 6.07) is 10.4. The average molecular weight is 303 g/mol. The van der Waals surface area contributed by atoms with Crippen molar-refractivity contribution < 1.29 is 0 Å². The molecule has 0 aliphatic rings. The van der Waals surface area contributed by atoms with E-state index < -0.39 is 0 Å². The first-order valence-corrected chi connectivity index (χ1v) is 6.96. The highest BCUT2D eigenvalue weighted by molar-refractivity contribution is 8.00. The van der Waals surface area contributed by atoms with Crippen molar-refractivity contribution >= 4 is 29.1 Å². The zero-order valence-electron chi connectivity index (χ0n) is 10.9. The van der Waals surface area contributed by atoms with Crippen LogP contribution in [0.3, 0.4) is 0 Å². The van der Waals surface area contributed by atoms with E-state index >= 15 is 0 Å². The van der Waals surface area contributed by atoms with Crippen molar-refractivity contribution in [3.05, 3.63) is 34.5 Å². The third-order valence-electron chi connectivity index (χ3n) is 2.17. The first-order valence-electron chi connectivity index (χ1n) is 5.70. The lowest BCUT2D eigenvalue weighted by Gasteiger charge is -2.14. The van der Waals surface area contributed by atoms with Crippen molar-refractivity contribution in [2.24, 2.45) is 0 Å². The van der Waals surface area contributed by atoms with E-state index in [2.05, 4.69) is 5.32 Å². The lowest BCUT2D eigenvalue weighted by molar-refractivity contribution is 1.11. The largest absolute Gasteiger partial charge is 0.344 e. The second-order valence-corrected chi connectivity index (χ2v) is 5.99. The molecule has 0 unspecified atom stereocenters. The second kappa shape index (κ2) is 7.46. The molecule has 4 nitrogen and oxygen atoms in total. The molecule has 0 aliphatic heterocycles. The number of hydrogen-bond acceptors (Lipinski definition) is 5. The number of anilines is 1. The van der Waals surface area contributed by atoms with Gasteiger partial charge in [-0.05, 0) is 12.1 Å². The molecule has 6 heteroatoms. The monoisotopic (exact) mass is 302 g/mol. The zero-order chi connectivity index (χ0) is 15.1. The van der Waals surface area contributed by atoms with Crippen LogP contribution in [-0.4, -0.2) is 5.25 Å². The Morgan fingerprint density at radius 2 is 1.85 bits per heavy atom. The third kappa shape index (κ3) is 3.93. The van der Waals surface area contributed by atoms with E-state index in [0.29, 0.717) is 16.0 Å². The highest BCUT2D eigenvalue weighted by atomic mass is 35.5. The number of hydrogen-bond donors (Lipinski definition) is 1. The summed E-state index contributed by atoms with van der Waals surface area (Å²) >= 11 is 7.70. The van der Waals surface area contributed by atoms with Crippen LogP contribution in [0.15, 0.2) is 34.4 Å². The maximum Gasteiger partial charge on any atom is 0.163 e. The topological polar surface area (TPSA) is 83.4 Å². The Balaban J connectivity index is 3.27. The van der Waals surface area contributed by atoms with Crippen LogP contribution in [-0.2, 0) is 0 Å². The van der Waals surface area contributed by atoms with Crippen LogP contribution in [0.1, 0.15) is 13.8 Å². The van der Waals surface area contributed by atoms with Crippen molar-refractivity contribution in [2.45, 2.75) is 24.0 Å². The lowest BCUT2D eigenvalue weighted by atomic mass is 10.2. The molecule has 0 amide bonds. The summed E-state index contributed by atoms with van der Waals surface area (Å²) in [5.74, 6) is 0. The molecule has 0 aromatic heterocycles. The van der Waals surface area contributed by atoms with E-state index in [1.807, 2.05) is 19.9 Å². The van der Waals surface area contributed by atoms with Gasteiger partial charge in [-0.1, -0.05) is 31.5 Å². The Bertz CT molecular complexity index is 643. The van der Waals surface area contributed by atoms with Gasteiger partial charge in [-0.3, -0.25) is 0 Å². The van der Waals surface area contributed by atoms with E-state index in [4.69, 9.17) is 27.4 Å². The summed E-state index contributed by atoms with van der Waals surface area (Å²) in [4.78, 5) is 0.784. The average Bonchev–Trinajstić information content (AvgIpc) is 2.42. The number of benzene rings is 1. The van der Waals surface area contributed by atoms with Crippen molar-refractivity contribution in [2.75, 3.05) is 5.32 Å². The van der Waals surface area contributed by atoms with Crippen LogP contribution < -0.4 is 5.32 Å². The Kier molecular flexibility index (Phi) is 5.94. The van der Waals surface area contributed by atoms with E-state index in [1.165, 1.54) is 11.8 Å². The van der Waals surface area contributed by atoms with Crippen LogP contribution in [0.25, 0.3) is 0 Å². The molecule has 1 aromatic carbocycles. The molecule has 1 aromatic rings. The third-order valence-corrected chi connectivity index (χ3v) is 3.74. The van der Waals surface area contributed by atoms with Gasteiger partial charge in [-0.25, -0.2) is 0 Å². The maximum atomic E-state index is 9.05. The Hall–Kier alpha value is -2.13. The molecule has 1 rings (SSSR count). The molecule has 0 spiro atoms. The Morgan fingerprint density at radius 3 is 2.35 bits per heavy atom. The standard InChI is InChI=1S/C14H11ClN4S/c1-9(2)20-14-11(15)4-3-5-12(14)19-13(8-18)10(6-16)7-17/h3-5,9,19H,1-2H3. The van der Waals surface area contributed by atoms with Gasteiger partial charge in [-0.2, -0.15) is 15.8 Å². The van der Waals surface area contributed by atoms with Crippen molar-refractivity contribution in [3.8, 4) is 18.2 Å². The molecule has 0 saturated heterocycles. The highest BCUT2D eigenvalue weighted by Crippen LogP contribution is 2.37. The van der Waals surface area contributed by atoms with Crippen molar-refractivity contribution in [1.29, 1.82) is 15.8 Å². The minimum atomic E-state index is -0.257. The lowest BCUT2D eigenvalue weighted by Crippen LogP contribution is -2.03. The highest BCUT2D eigenvalue weighted by Gasteiger charge is 2.13. The van der Waals surface area contributed by atoms with E-state index in [-0.39, 0.29) is 11.3 Å². The number of thioether (sulfide) groups is 1. The summed E-state index contributed by atoms with van der Waals surface area (Å²) in [7, 11) is 0. The van der Waals surface area contributed by atoms with Crippen LogP contribution in [0, 0.1) is 34.0 Å². The predicted octanol–water partition coefficient (Wildman–Crippen LogP) is 4.08. The number of nitrogens with zero attached hydrogens (tertiary/aromatic N) is 3. The quantitative estimate of drug-likeness (QED) is 0.669. The smallest absolute Gasteiger partial charge is 0.163 e. The zero-order valence-corrected chi connectivity index (χ0v) is 12.5. The fourth-order valence-electron chi connectivity index (χ4n) is 1.38. The molecule has 1 N–H and O–H groups in total. The van der Waals surface area contributed by atoms with Gasteiger partial charge in [0.05, 0.1) is 10.7 Å². The van der Waals surface area contributed by atoms with Crippen LogP contribution in [0.4, 0.5) is 5.69 Å². The Labute approximate surface area is 127 Å². The summed E-state index contributed by atoms with van der Waals surface area (Å²) < 4.78 is 0. The van der Waals surface area contributed by atoms with Gasteiger partial charge in [0.2, 0.25) is 0 Å². The van der Waals surface area contributed by atoms with Crippen molar-refractivity contribution in [1.82, 2.24) is 0 Å². The van der Waals surface area contributed by atoms with E-state index in [9.17, 15) is 0 Å². The molecular weight excluding hydrogens is 292 g/mol. The number of allylic oxidation sites excluding steroid dienone is 2. The predicted molar refractivity (Wildman–Crippen MR) is 79.9 cm³/mol. The minimum Gasteiger partial charge on any atom is -0.344 e. The number of halogens is 1. The minimum absolute atomic E-state index is 0.0807. The van der Waals surface area contributed by atoms with Gasteiger partial charge in [0.1, 0.15) is 23.9 Å². The van der Waals surface area contributed by atoms with Gasteiger partial charge < -0.3 is 5.32 Å². The summed E-state index contributed by atoms with van der Waals surface area (Å²) in [6.45, 7) is 4.05.